The van der Waals surface area contributed by atoms with E-state index in [0.29, 0.717) is 0 Å². The van der Waals surface area contributed by atoms with Crippen molar-refractivity contribution in [2.75, 3.05) is 0 Å². The lowest BCUT2D eigenvalue weighted by atomic mass is 10.2. The van der Waals surface area contributed by atoms with Crippen molar-refractivity contribution in [2.45, 2.75) is 6.54 Å². The maximum absolute atomic E-state index is 10.2. The second kappa shape index (κ2) is 5.07. The normalized spacial score (nSPS) is 10.8. The maximum atomic E-state index is 10.2. The molecule has 0 radical (unpaired) electrons. The summed E-state index contributed by atoms with van der Waals surface area (Å²) in [4.78, 5) is 10.2. The molecule has 0 saturated heterocycles. The Bertz CT molecular complexity index is 486. The van der Waals surface area contributed by atoms with Crippen LogP contribution >= 0.6 is 0 Å². The van der Waals surface area contributed by atoms with Crippen LogP contribution in [0.4, 0.5) is 0 Å². The highest BCUT2D eigenvalue weighted by Crippen LogP contribution is 2.04. The van der Waals surface area contributed by atoms with Crippen LogP contribution in [-0.2, 0) is 11.3 Å². The number of aldehydes is 1. The van der Waals surface area contributed by atoms with Crippen LogP contribution < -0.4 is 0 Å². The predicted octanol–water partition coefficient (Wildman–Crippen LogP) is 2.14. The van der Waals surface area contributed by atoms with Crippen LogP contribution in [0.5, 0.6) is 0 Å². The molecule has 1 aromatic carbocycles. The van der Waals surface area contributed by atoms with Gasteiger partial charge in [-0.05, 0) is 17.7 Å². The van der Waals surface area contributed by atoms with Crippen LogP contribution in [0.2, 0.25) is 0 Å². The first-order chi connectivity index (χ1) is 7.88. The van der Waals surface area contributed by atoms with E-state index in [1.807, 2.05) is 29.1 Å². The molecular formula is C13H12N2O. The molecular weight excluding hydrogens is 200 g/mol. The molecule has 0 spiro atoms. The molecule has 0 unspecified atom stereocenters. The van der Waals surface area contributed by atoms with Crippen LogP contribution in [-0.4, -0.2) is 16.1 Å². The number of nitrogens with zero attached hydrogens (tertiary/aromatic N) is 2. The lowest BCUT2D eigenvalue weighted by Crippen LogP contribution is -1.99. The second-order valence-electron chi connectivity index (χ2n) is 3.45. The molecule has 0 aliphatic carbocycles. The quantitative estimate of drug-likeness (QED) is 0.575. The van der Waals surface area contributed by atoms with E-state index >= 15 is 0 Å². The first-order valence-corrected chi connectivity index (χ1v) is 5.07. The van der Waals surface area contributed by atoms with E-state index in [0.717, 1.165) is 18.4 Å². The summed E-state index contributed by atoms with van der Waals surface area (Å²) in [5, 5.41) is 4.21. The minimum absolute atomic E-state index is 0.746. The SMILES string of the molecule is O=C/C=C/c1cnn(Cc2ccccc2)c1. The first-order valence-electron chi connectivity index (χ1n) is 5.07. The van der Waals surface area contributed by atoms with Crippen molar-refractivity contribution in [3.05, 3.63) is 59.9 Å². The van der Waals surface area contributed by atoms with Crippen molar-refractivity contribution in [1.82, 2.24) is 9.78 Å². The van der Waals surface area contributed by atoms with Gasteiger partial charge >= 0.3 is 0 Å². The molecule has 0 aliphatic heterocycles. The Balaban J connectivity index is 2.08. The molecule has 3 nitrogen and oxygen atoms in total. The van der Waals surface area contributed by atoms with Crippen molar-refractivity contribution in [2.24, 2.45) is 0 Å². The number of rotatable bonds is 4. The van der Waals surface area contributed by atoms with Gasteiger partial charge in [-0.3, -0.25) is 9.48 Å². The Morgan fingerprint density at radius 1 is 1.25 bits per heavy atom. The fourth-order valence-electron chi connectivity index (χ4n) is 1.47. The van der Waals surface area contributed by atoms with Gasteiger partial charge in [0.25, 0.3) is 0 Å². The molecule has 0 fully saturated rings. The van der Waals surface area contributed by atoms with Crippen molar-refractivity contribution in [3.8, 4) is 0 Å². The average Bonchev–Trinajstić information content (AvgIpc) is 2.75. The van der Waals surface area contributed by atoms with Gasteiger partial charge in [0.05, 0.1) is 12.7 Å². The van der Waals surface area contributed by atoms with Gasteiger partial charge in [-0.25, -0.2) is 0 Å². The minimum atomic E-state index is 0.746. The molecule has 3 heteroatoms. The monoisotopic (exact) mass is 212 g/mol. The molecule has 1 aromatic heterocycles. The van der Waals surface area contributed by atoms with Crippen molar-refractivity contribution >= 4 is 12.4 Å². The number of benzene rings is 1. The first kappa shape index (κ1) is 10.4. The summed E-state index contributed by atoms with van der Waals surface area (Å²) in [5.74, 6) is 0. The third-order valence-electron chi connectivity index (χ3n) is 2.21. The summed E-state index contributed by atoms with van der Waals surface area (Å²) in [6.07, 6.45) is 7.61. The molecule has 1 heterocycles. The van der Waals surface area contributed by atoms with Gasteiger partial charge in [0.2, 0.25) is 0 Å². The maximum Gasteiger partial charge on any atom is 0.142 e. The summed E-state index contributed by atoms with van der Waals surface area (Å²) in [6, 6.07) is 10.1. The zero-order valence-corrected chi connectivity index (χ0v) is 8.78. The van der Waals surface area contributed by atoms with Crippen LogP contribution in [0.1, 0.15) is 11.1 Å². The third kappa shape index (κ3) is 2.67. The topological polar surface area (TPSA) is 34.9 Å². The van der Waals surface area contributed by atoms with Crippen molar-refractivity contribution < 1.29 is 4.79 Å². The van der Waals surface area contributed by atoms with E-state index in [1.165, 1.54) is 11.6 Å². The zero-order valence-electron chi connectivity index (χ0n) is 8.78. The highest BCUT2D eigenvalue weighted by molar-refractivity contribution is 5.73. The van der Waals surface area contributed by atoms with Crippen molar-refractivity contribution in [3.63, 3.8) is 0 Å². The Hall–Kier alpha value is -2.16. The molecule has 80 valence electrons. The number of carbonyl (C=O) groups excluding carboxylic acids is 1. The summed E-state index contributed by atoms with van der Waals surface area (Å²) in [6.45, 7) is 0.746. The van der Waals surface area contributed by atoms with E-state index in [4.69, 9.17) is 0 Å². The van der Waals surface area contributed by atoms with E-state index in [-0.39, 0.29) is 0 Å². The highest BCUT2D eigenvalue weighted by atomic mass is 16.1. The molecule has 2 aromatic rings. The van der Waals surface area contributed by atoms with Gasteiger partial charge in [-0.2, -0.15) is 5.10 Å². The van der Waals surface area contributed by atoms with E-state index in [1.54, 1.807) is 12.3 Å². The van der Waals surface area contributed by atoms with Crippen LogP contribution in [0, 0.1) is 0 Å². The highest BCUT2D eigenvalue weighted by Gasteiger charge is 1.96. The number of aromatic nitrogens is 2. The average molecular weight is 212 g/mol. The van der Waals surface area contributed by atoms with Gasteiger partial charge in [0, 0.05) is 11.8 Å². The fraction of sp³-hybridized carbons (Fsp3) is 0.0769. The third-order valence-corrected chi connectivity index (χ3v) is 2.21. The van der Waals surface area contributed by atoms with Crippen LogP contribution in [0.3, 0.4) is 0 Å². The largest absolute Gasteiger partial charge is 0.299 e. The Morgan fingerprint density at radius 3 is 2.81 bits per heavy atom. The lowest BCUT2D eigenvalue weighted by molar-refractivity contribution is -0.104. The van der Waals surface area contributed by atoms with Gasteiger partial charge in [0.1, 0.15) is 6.29 Å². The molecule has 0 saturated carbocycles. The summed E-state index contributed by atoms with van der Waals surface area (Å²) >= 11 is 0. The van der Waals surface area contributed by atoms with Crippen LogP contribution in [0.25, 0.3) is 6.08 Å². The van der Waals surface area contributed by atoms with Crippen LogP contribution in [0.15, 0.2) is 48.8 Å². The smallest absolute Gasteiger partial charge is 0.142 e. The molecule has 0 bridgehead atoms. The van der Waals surface area contributed by atoms with E-state index in [2.05, 4.69) is 17.2 Å². The predicted molar refractivity (Wildman–Crippen MR) is 62.9 cm³/mol. The Morgan fingerprint density at radius 2 is 2.06 bits per heavy atom. The number of hydrogen-bond acceptors (Lipinski definition) is 2. The lowest BCUT2D eigenvalue weighted by Gasteiger charge is -2.00. The van der Waals surface area contributed by atoms with E-state index < -0.39 is 0 Å². The van der Waals surface area contributed by atoms with E-state index in [9.17, 15) is 4.79 Å². The summed E-state index contributed by atoms with van der Waals surface area (Å²) in [5.41, 5.74) is 2.14. The standard InChI is InChI=1S/C13H12N2O/c16-8-4-7-13-9-14-15(11-13)10-12-5-2-1-3-6-12/h1-9,11H,10H2/b7-4+. The van der Waals surface area contributed by atoms with Gasteiger partial charge in [0.15, 0.2) is 0 Å². The second-order valence-corrected chi connectivity index (χ2v) is 3.45. The minimum Gasteiger partial charge on any atom is -0.299 e. The number of carbonyl (C=O) groups is 1. The Labute approximate surface area is 94.0 Å². The molecule has 0 atom stereocenters. The van der Waals surface area contributed by atoms with Gasteiger partial charge < -0.3 is 0 Å². The Kier molecular flexibility index (Phi) is 3.28. The molecule has 0 amide bonds. The fourth-order valence-corrected chi connectivity index (χ4v) is 1.47. The number of hydrogen-bond donors (Lipinski definition) is 0. The summed E-state index contributed by atoms with van der Waals surface area (Å²) in [7, 11) is 0. The zero-order chi connectivity index (χ0) is 11.2. The van der Waals surface area contributed by atoms with Gasteiger partial charge in [-0.15, -0.1) is 0 Å². The molecule has 0 aliphatic rings. The molecule has 0 N–H and O–H groups in total. The van der Waals surface area contributed by atoms with Gasteiger partial charge in [-0.1, -0.05) is 30.3 Å². The molecule has 16 heavy (non-hydrogen) atoms. The summed E-state index contributed by atoms with van der Waals surface area (Å²) < 4.78 is 1.85. The molecule has 2 rings (SSSR count). The number of allylic oxidation sites excluding steroid dienone is 1. The van der Waals surface area contributed by atoms with Crippen molar-refractivity contribution in [1.29, 1.82) is 0 Å².